The minimum Gasteiger partial charge on any atom is -0.385 e. The lowest BCUT2D eigenvalue weighted by molar-refractivity contribution is 0.170. The summed E-state index contributed by atoms with van der Waals surface area (Å²) in [5.41, 5.74) is 3.83. The number of aliphatic hydroxyl groups is 1. The van der Waals surface area contributed by atoms with E-state index in [9.17, 15) is 5.11 Å². The van der Waals surface area contributed by atoms with Crippen molar-refractivity contribution in [3.63, 3.8) is 0 Å². The summed E-state index contributed by atoms with van der Waals surface area (Å²) in [7, 11) is 0. The lowest BCUT2D eigenvalue weighted by atomic mass is 10.1. The van der Waals surface area contributed by atoms with Gasteiger partial charge in [0.25, 0.3) is 0 Å². The van der Waals surface area contributed by atoms with E-state index in [1.807, 2.05) is 59.3 Å². The second-order valence-corrected chi connectivity index (χ2v) is 5.50. The van der Waals surface area contributed by atoms with Crippen LogP contribution in [0.4, 0.5) is 0 Å². The number of hydrogen-bond donors (Lipinski definition) is 2. The number of rotatable bonds is 4. The van der Waals surface area contributed by atoms with Crippen LogP contribution >= 0.6 is 24.8 Å². The van der Waals surface area contributed by atoms with Gasteiger partial charge < -0.3 is 14.7 Å². The highest BCUT2D eigenvalue weighted by atomic mass is 35.5. The molecule has 0 radical (unpaired) electrons. The van der Waals surface area contributed by atoms with Crippen molar-refractivity contribution in [2.24, 2.45) is 0 Å². The molecule has 2 N–H and O–H groups in total. The number of benzene rings is 2. The summed E-state index contributed by atoms with van der Waals surface area (Å²) in [6.07, 6.45) is 5.27. The Labute approximate surface area is 157 Å². The summed E-state index contributed by atoms with van der Waals surface area (Å²) >= 11 is 0. The van der Waals surface area contributed by atoms with Crippen LogP contribution in [0.3, 0.4) is 0 Å². The Kier molecular flexibility index (Phi) is 6.20. The molecular weight excluding hydrogens is 359 g/mol. The highest BCUT2D eigenvalue weighted by molar-refractivity contribution is 5.85. The maximum Gasteiger partial charge on any atom is 0.136 e. The zero-order valence-electron chi connectivity index (χ0n) is 13.2. The average Bonchev–Trinajstić information content (AvgIpc) is 3.24. The standard InChI is InChI=1S/C18H16N4O.2ClH/c23-17(10-13-4-2-1-3-5-13)18-20-15-7-6-14(11-16(15)21-18)22-9-8-19-12-22;;/h1-9,11-12,17,23H,10H2,(H,20,21);2*1H. The Morgan fingerprint density at radius 3 is 2.60 bits per heavy atom. The van der Waals surface area contributed by atoms with Gasteiger partial charge in [-0.05, 0) is 23.8 Å². The molecule has 4 rings (SSSR count). The molecule has 0 saturated heterocycles. The number of H-pyrrole nitrogens is 1. The van der Waals surface area contributed by atoms with Crippen LogP contribution in [-0.4, -0.2) is 24.6 Å². The van der Waals surface area contributed by atoms with Gasteiger partial charge in [0.2, 0.25) is 0 Å². The smallest absolute Gasteiger partial charge is 0.136 e. The van der Waals surface area contributed by atoms with E-state index in [0.29, 0.717) is 12.2 Å². The first-order valence-corrected chi connectivity index (χ1v) is 7.49. The number of aliphatic hydroxyl groups excluding tert-OH is 1. The predicted octanol–water partition coefficient (Wildman–Crippen LogP) is 3.87. The van der Waals surface area contributed by atoms with Crippen LogP contribution in [0.1, 0.15) is 17.5 Å². The van der Waals surface area contributed by atoms with E-state index in [-0.39, 0.29) is 24.8 Å². The van der Waals surface area contributed by atoms with Crippen LogP contribution in [0.5, 0.6) is 0 Å². The normalized spacial score (nSPS) is 11.6. The van der Waals surface area contributed by atoms with Gasteiger partial charge in [0, 0.05) is 24.5 Å². The van der Waals surface area contributed by atoms with Crippen LogP contribution in [0.15, 0.2) is 67.3 Å². The number of hydrogen-bond acceptors (Lipinski definition) is 3. The van der Waals surface area contributed by atoms with Gasteiger partial charge in [-0.25, -0.2) is 9.97 Å². The van der Waals surface area contributed by atoms with Gasteiger partial charge in [-0.1, -0.05) is 30.3 Å². The fourth-order valence-electron chi connectivity index (χ4n) is 2.68. The molecule has 4 aromatic rings. The molecule has 1 unspecified atom stereocenters. The number of nitrogens with one attached hydrogen (secondary N) is 1. The van der Waals surface area contributed by atoms with Crippen LogP contribution in [0.25, 0.3) is 16.7 Å². The first-order valence-electron chi connectivity index (χ1n) is 7.49. The summed E-state index contributed by atoms with van der Waals surface area (Å²) in [4.78, 5) is 11.8. The van der Waals surface area contributed by atoms with Crippen molar-refractivity contribution in [3.8, 4) is 5.69 Å². The molecule has 2 heterocycles. The molecule has 2 aromatic heterocycles. The lowest BCUT2D eigenvalue weighted by Gasteiger charge is -2.07. The third kappa shape index (κ3) is 4.02. The van der Waals surface area contributed by atoms with Gasteiger partial charge in [-0.15, -0.1) is 24.8 Å². The van der Waals surface area contributed by atoms with Crippen molar-refractivity contribution < 1.29 is 5.11 Å². The van der Waals surface area contributed by atoms with E-state index in [1.54, 1.807) is 12.5 Å². The van der Waals surface area contributed by atoms with Gasteiger partial charge >= 0.3 is 0 Å². The molecule has 0 saturated carbocycles. The fourth-order valence-corrected chi connectivity index (χ4v) is 2.68. The molecule has 7 heteroatoms. The van der Waals surface area contributed by atoms with Crippen LogP contribution in [0.2, 0.25) is 0 Å². The molecule has 0 spiro atoms. The van der Waals surface area contributed by atoms with E-state index < -0.39 is 6.10 Å². The lowest BCUT2D eigenvalue weighted by Crippen LogP contribution is -2.03. The predicted molar refractivity (Wildman–Crippen MR) is 103 cm³/mol. The van der Waals surface area contributed by atoms with E-state index in [2.05, 4.69) is 15.0 Å². The SMILES string of the molecule is Cl.Cl.OC(Cc1ccccc1)c1nc2ccc(-n3ccnc3)cc2[nH]1. The largest absolute Gasteiger partial charge is 0.385 e. The second kappa shape index (κ2) is 8.16. The highest BCUT2D eigenvalue weighted by Gasteiger charge is 2.13. The number of aromatic amines is 1. The molecule has 25 heavy (non-hydrogen) atoms. The Morgan fingerprint density at radius 2 is 1.88 bits per heavy atom. The Balaban J connectivity index is 0.00000113. The van der Waals surface area contributed by atoms with Crippen molar-refractivity contribution in [2.75, 3.05) is 0 Å². The molecule has 1 atom stereocenters. The first-order chi connectivity index (χ1) is 11.3. The zero-order valence-corrected chi connectivity index (χ0v) is 14.9. The van der Waals surface area contributed by atoms with Crippen molar-refractivity contribution in [2.45, 2.75) is 12.5 Å². The molecule has 0 bridgehead atoms. The van der Waals surface area contributed by atoms with Crippen LogP contribution < -0.4 is 0 Å². The molecule has 130 valence electrons. The number of halogens is 2. The minimum absolute atomic E-state index is 0. The minimum atomic E-state index is -0.651. The summed E-state index contributed by atoms with van der Waals surface area (Å²) in [5, 5.41) is 10.4. The van der Waals surface area contributed by atoms with Crippen molar-refractivity contribution in [3.05, 3.63) is 78.6 Å². The maximum atomic E-state index is 10.4. The Bertz CT molecular complexity index is 923. The first kappa shape index (κ1) is 19.0. The molecule has 2 aromatic carbocycles. The number of fused-ring (bicyclic) bond motifs is 1. The van der Waals surface area contributed by atoms with Crippen LogP contribution in [0, 0.1) is 0 Å². The van der Waals surface area contributed by atoms with Crippen molar-refractivity contribution >= 4 is 35.8 Å². The fraction of sp³-hybridized carbons (Fsp3) is 0.111. The molecule has 0 aliphatic rings. The second-order valence-electron chi connectivity index (χ2n) is 5.50. The van der Waals surface area contributed by atoms with E-state index in [1.165, 1.54) is 0 Å². The Hall–Kier alpha value is -2.34. The number of aromatic nitrogens is 4. The third-order valence-corrected chi connectivity index (χ3v) is 3.87. The summed E-state index contributed by atoms with van der Waals surface area (Å²) in [5.74, 6) is 0.589. The van der Waals surface area contributed by atoms with Crippen molar-refractivity contribution in [1.29, 1.82) is 0 Å². The molecule has 5 nitrogen and oxygen atoms in total. The summed E-state index contributed by atoms with van der Waals surface area (Å²) in [6, 6.07) is 15.8. The summed E-state index contributed by atoms with van der Waals surface area (Å²) in [6.45, 7) is 0. The zero-order chi connectivity index (χ0) is 15.6. The topological polar surface area (TPSA) is 66.7 Å². The number of nitrogens with zero attached hydrogens (tertiary/aromatic N) is 3. The van der Waals surface area contributed by atoms with Gasteiger partial charge in [0.15, 0.2) is 0 Å². The van der Waals surface area contributed by atoms with E-state index in [0.717, 1.165) is 22.3 Å². The molecular formula is C18H18Cl2N4O. The quantitative estimate of drug-likeness (QED) is 0.568. The van der Waals surface area contributed by atoms with Gasteiger partial charge in [-0.3, -0.25) is 0 Å². The summed E-state index contributed by atoms with van der Waals surface area (Å²) < 4.78 is 1.93. The van der Waals surface area contributed by atoms with Crippen LogP contribution in [-0.2, 0) is 6.42 Å². The Morgan fingerprint density at radius 1 is 1.08 bits per heavy atom. The van der Waals surface area contributed by atoms with E-state index >= 15 is 0 Å². The molecule has 0 fully saturated rings. The third-order valence-electron chi connectivity index (χ3n) is 3.87. The average molecular weight is 377 g/mol. The van der Waals surface area contributed by atoms with Gasteiger partial charge in [-0.2, -0.15) is 0 Å². The molecule has 0 aliphatic heterocycles. The maximum absolute atomic E-state index is 10.4. The molecule has 0 amide bonds. The van der Waals surface area contributed by atoms with Gasteiger partial charge in [0.1, 0.15) is 11.9 Å². The highest BCUT2D eigenvalue weighted by Crippen LogP contribution is 2.21. The monoisotopic (exact) mass is 376 g/mol. The van der Waals surface area contributed by atoms with E-state index in [4.69, 9.17) is 0 Å². The number of imidazole rings is 2. The molecule has 0 aliphatic carbocycles. The van der Waals surface area contributed by atoms with Crippen molar-refractivity contribution in [1.82, 2.24) is 19.5 Å². The van der Waals surface area contributed by atoms with Gasteiger partial charge in [0.05, 0.1) is 17.4 Å².